The van der Waals surface area contributed by atoms with Crippen LogP contribution in [0.3, 0.4) is 0 Å². The number of ether oxygens (including phenoxy) is 1. The highest BCUT2D eigenvalue weighted by Crippen LogP contribution is 2.28. The summed E-state index contributed by atoms with van der Waals surface area (Å²) in [5, 5.41) is 5.75. The molecule has 19 heavy (non-hydrogen) atoms. The van der Waals surface area contributed by atoms with Gasteiger partial charge in [0, 0.05) is 6.54 Å². The Kier molecular flexibility index (Phi) is 5.80. The van der Waals surface area contributed by atoms with Crippen LogP contribution >= 0.6 is 0 Å². The topological polar surface area (TPSA) is 114 Å². The van der Waals surface area contributed by atoms with E-state index in [9.17, 15) is 4.79 Å². The molecule has 0 saturated carbocycles. The molecule has 0 aliphatic rings. The number of nitrogens with two attached hydrogens (primary N) is 1. The molecule has 0 aliphatic carbocycles. The summed E-state index contributed by atoms with van der Waals surface area (Å²) < 4.78 is 5.17. The van der Waals surface area contributed by atoms with E-state index in [1.807, 2.05) is 6.92 Å². The molecule has 106 valence electrons. The van der Waals surface area contributed by atoms with Gasteiger partial charge >= 0.3 is 0 Å². The van der Waals surface area contributed by atoms with E-state index in [0.29, 0.717) is 23.9 Å². The molecule has 1 aromatic heterocycles. The van der Waals surface area contributed by atoms with Crippen molar-refractivity contribution in [2.75, 3.05) is 24.4 Å². The van der Waals surface area contributed by atoms with Crippen LogP contribution in [-0.2, 0) is 4.79 Å². The van der Waals surface area contributed by atoms with Crippen molar-refractivity contribution >= 4 is 17.5 Å². The first-order valence-corrected chi connectivity index (χ1v) is 6.03. The SMILES string of the molecule is CCCNC(=O)C(C)Nc1ncnc(NN)c1OC. The van der Waals surface area contributed by atoms with Gasteiger partial charge in [0.1, 0.15) is 12.4 Å². The second kappa shape index (κ2) is 7.37. The number of rotatable bonds is 7. The van der Waals surface area contributed by atoms with Gasteiger partial charge in [-0.15, -0.1) is 0 Å². The molecule has 1 unspecified atom stereocenters. The van der Waals surface area contributed by atoms with E-state index < -0.39 is 6.04 Å². The lowest BCUT2D eigenvalue weighted by Crippen LogP contribution is -2.38. The number of hydrazine groups is 1. The normalized spacial score (nSPS) is 11.6. The maximum absolute atomic E-state index is 11.8. The third-order valence-corrected chi connectivity index (χ3v) is 2.44. The van der Waals surface area contributed by atoms with E-state index in [-0.39, 0.29) is 5.91 Å². The Morgan fingerprint density at radius 3 is 2.74 bits per heavy atom. The molecule has 0 aliphatic heterocycles. The first-order chi connectivity index (χ1) is 9.13. The van der Waals surface area contributed by atoms with Crippen molar-refractivity contribution in [2.45, 2.75) is 26.3 Å². The lowest BCUT2D eigenvalue weighted by molar-refractivity contribution is -0.121. The zero-order chi connectivity index (χ0) is 14.3. The van der Waals surface area contributed by atoms with Crippen molar-refractivity contribution in [1.82, 2.24) is 15.3 Å². The Morgan fingerprint density at radius 2 is 2.16 bits per heavy atom. The van der Waals surface area contributed by atoms with E-state index in [1.54, 1.807) is 6.92 Å². The number of nitrogens with zero attached hydrogens (tertiary/aromatic N) is 2. The summed E-state index contributed by atoms with van der Waals surface area (Å²) in [5.74, 6) is 6.33. The highest BCUT2D eigenvalue weighted by atomic mass is 16.5. The highest BCUT2D eigenvalue weighted by molar-refractivity contribution is 5.84. The number of amides is 1. The van der Waals surface area contributed by atoms with Crippen molar-refractivity contribution in [1.29, 1.82) is 0 Å². The number of carbonyl (C=O) groups excluding carboxylic acids is 1. The summed E-state index contributed by atoms with van der Waals surface area (Å²) in [6, 6.07) is -0.444. The fourth-order valence-corrected chi connectivity index (χ4v) is 1.44. The fraction of sp³-hybridized carbons (Fsp3) is 0.545. The molecule has 1 aromatic rings. The van der Waals surface area contributed by atoms with E-state index in [0.717, 1.165) is 6.42 Å². The highest BCUT2D eigenvalue weighted by Gasteiger charge is 2.17. The minimum absolute atomic E-state index is 0.107. The van der Waals surface area contributed by atoms with Crippen molar-refractivity contribution in [2.24, 2.45) is 5.84 Å². The van der Waals surface area contributed by atoms with Gasteiger partial charge in [-0.3, -0.25) is 4.79 Å². The molecular weight excluding hydrogens is 248 g/mol. The Bertz CT molecular complexity index is 426. The van der Waals surface area contributed by atoms with Crippen LogP contribution < -0.4 is 26.6 Å². The minimum atomic E-state index is -0.444. The monoisotopic (exact) mass is 268 g/mol. The van der Waals surface area contributed by atoms with E-state index >= 15 is 0 Å². The lowest BCUT2D eigenvalue weighted by Gasteiger charge is -2.17. The van der Waals surface area contributed by atoms with E-state index in [2.05, 4.69) is 26.0 Å². The molecule has 0 bridgehead atoms. The number of nitrogen functional groups attached to an aromatic ring is 1. The van der Waals surface area contributed by atoms with E-state index in [1.165, 1.54) is 13.4 Å². The summed E-state index contributed by atoms with van der Waals surface area (Å²) in [6.07, 6.45) is 2.22. The Morgan fingerprint density at radius 1 is 1.47 bits per heavy atom. The predicted octanol–water partition coefficient (Wildman–Crippen LogP) is 0.0974. The molecule has 8 heteroatoms. The summed E-state index contributed by atoms with van der Waals surface area (Å²) >= 11 is 0. The number of hydrogen-bond acceptors (Lipinski definition) is 7. The summed E-state index contributed by atoms with van der Waals surface area (Å²) in [4.78, 5) is 19.7. The largest absolute Gasteiger partial charge is 0.490 e. The molecule has 8 nitrogen and oxygen atoms in total. The molecule has 1 amide bonds. The number of hydrogen-bond donors (Lipinski definition) is 4. The molecule has 1 heterocycles. The van der Waals surface area contributed by atoms with Crippen LogP contribution in [0.1, 0.15) is 20.3 Å². The molecule has 0 radical (unpaired) electrons. The number of methoxy groups -OCH3 is 1. The van der Waals surface area contributed by atoms with Crippen molar-refractivity contribution in [3.05, 3.63) is 6.33 Å². The van der Waals surface area contributed by atoms with Gasteiger partial charge in [0.15, 0.2) is 11.6 Å². The molecule has 5 N–H and O–H groups in total. The zero-order valence-electron chi connectivity index (χ0n) is 11.4. The van der Waals surface area contributed by atoms with Crippen molar-refractivity contribution in [3.63, 3.8) is 0 Å². The Labute approximate surface area is 112 Å². The first kappa shape index (κ1) is 15.0. The minimum Gasteiger partial charge on any atom is -0.490 e. The van der Waals surface area contributed by atoms with Gasteiger partial charge in [0.05, 0.1) is 7.11 Å². The van der Waals surface area contributed by atoms with Gasteiger partial charge < -0.3 is 20.8 Å². The van der Waals surface area contributed by atoms with Gasteiger partial charge in [-0.05, 0) is 13.3 Å². The standard InChI is InChI=1S/C11H20N6O2/c1-4-5-13-11(18)7(2)16-9-8(19-3)10(17-12)15-6-14-9/h6-7H,4-5,12H2,1-3H3,(H,13,18)(H2,14,15,16,17). The Balaban J connectivity index is 2.78. The molecule has 0 spiro atoms. The fourth-order valence-electron chi connectivity index (χ4n) is 1.44. The third-order valence-electron chi connectivity index (χ3n) is 2.44. The average molecular weight is 268 g/mol. The van der Waals surface area contributed by atoms with Gasteiger partial charge in [0.2, 0.25) is 11.7 Å². The zero-order valence-corrected chi connectivity index (χ0v) is 11.4. The number of aromatic nitrogens is 2. The summed E-state index contributed by atoms with van der Waals surface area (Å²) in [5.41, 5.74) is 2.41. The second-order valence-corrected chi connectivity index (χ2v) is 3.91. The molecule has 0 saturated heterocycles. The first-order valence-electron chi connectivity index (χ1n) is 6.03. The van der Waals surface area contributed by atoms with Crippen LogP contribution in [0, 0.1) is 0 Å². The number of carbonyl (C=O) groups is 1. The van der Waals surface area contributed by atoms with Gasteiger partial charge in [-0.2, -0.15) is 0 Å². The van der Waals surface area contributed by atoms with Crippen LogP contribution in [-0.4, -0.2) is 35.6 Å². The predicted molar refractivity (Wildman–Crippen MR) is 72.8 cm³/mol. The van der Waals surface area contributed by atoms with Crippen LogP contribution in [0.25, 0.3) is 0 Å². The summed E-state index contributed by atoms with van der Waals surface area (Å²) in [7, 11) is 1.48. The Hall–Kier alpha value is -2.09. The van der Waals surface area contributed by atoms with Crippen molar-refractivity contribution in [3.8, 4) is 5.75 Å². The molecular formula is C11H20N6O2. The summed E-state index contributed by atoms with van der Waals surface area (Å²) in [6.45, 7) is 4.37. The third kappa shape index (κ3) is 3.95. The van der Waals surface area contributed by atoms with Crippen LogP contribution in [0.5, 0.6) is 5.75 Å². The average Bonchev–Trinajstić information content (AvgIpc) is 2.44. The maximum Gasteiger partial charge on any atom is 0.242 e. The lowest BCUT2D eigenvalue weighted by atomic mass is 10.3. The number of anilines is 2. The van der Waals surface area contributed by atoms with Gasteiger partial charge in [0.25, 0.3) is 0 Å². The van der Waals surface area contributed by atoms with Crippen LogP contribution in [0.4, 0.5) is 11.6 Å². The molecule has 0 fully saturated rings. The smallest absolute Gasteiger partial charge is 0.242 e. The van der Waals surface area contributed by atoms with Crippen molar-refractivity contribution < 1.29 is 9.53 Å². The second-order valence-electron chi connectivity index (χ2n) is 3.91. The molecule has 0 aromatic carbocycles. The quantitative estimate of drug-likeness (QED) is 0.409. The molecule has 1 rings (SSSR count). The van der Waals surface area contributed by atoms with Gasteiger partial charge in [-0.25, -0.2) is 15.8 Å². The number of nitrogens with one attached hydrogen (secondary N) is 3. The molecule has 1 atom stereocenters. The van der Waals surface area contributed by atoms with Crippen LogP contribution in [0.2, 0.25) is 0 Å². The van der Waals surface area contributed by atoms with Crippen LogP contribution in [0.15, 0.2) is 6.33 Å². The van der Waals surface area contributed by atoms with Gasteiger partial charge in [-0.1, -0.05) is 6.92 Å². The van der Waals surface area contributed by atoms with E-state index in [4.69, 9.17) is 10.6 Å². The maximum atomic E-state index is 11.8.